The van der Waals surface area contributed by atoms with Crippen molar-refractivity contribution in [3.8, 4) is 6.07 Å². The van der Waals surface area contributed by atoms with Crippen LogP contribution in [0.15, 0.2) is 18.2 Å². The molecule has 22 heavy (non-hydrogen) atoms. The number of hydrogen-bond acceptors (Lipinski definition) is 5. The zero-order valence-electron chi connectivity index (χ0n) is 11.9. The molecule has 0 radical (unpaired) electrons. The minimum absolute atomic E-state index is 0.00648. The first-order valence-electron chi connectivity index (χ1n) is 6.43. The Morgan fingerprint density at radius 1 is 1.45 bits per heavy atom. The summed E-state index contributed by atoms with van der Waals surface area (Å²) in [7, 11) is 0. The second-order valence-corrected chi connectivity index (χ2v) is 5.82. The van der Waals surface area contributed by atoms with Gasteiger partial charge in [-0.05, 0) is 36.6 Å². The van der Waals surface area contributed by atoms with Gasteiger partial charge in [-0.15, -0.1) is 0 Å². The van der Waals surface area contributed by atoms with Crippen LogP contribution in [0.1, 0.15) is 12.0 Å². The van der Waals surface area contributed by atoms with Crippen molar-refractivity contribution in [1.82, 2.24) is 5.32 Å². The quantitative estimate of drug-likeness (QED) is 0.678. The van der Waals surface area contributed by atoms with Crippen LogP contribution in [-0.2, 0) is 9.59 Å². The highest BCUT2D eigenvalue weighted by molar-refractivity contribution is 7.98. The molecule has 1 atom stereocenters. The fourth-order valence-electron chi connectivity index (χ4n) is 1.54. The Balaban J connectivity index is 2.56. The molecule has 0 spiro atoms. The molecule has 0 saturated heterocycles. The minimum atomic E-state index is -0.921. The Labute approximate surface area is 137 Å². The summed E-state index contributed by atoms with van der Waals surface area (Å²) in [5, 5.41) is 23.5. The number of aliphatic hydroxyl groups excluding tert-OH is 1. The molecule has 0 aliphatic rings. The zero-order valence-corrected chi connectivity index (χ0v) is 13.5. The molecule has 0 aliphatic heterocycles. The Bertz CT molecular complexity index is 589. The molecule has 1 aromatic rings. The number of anilines is 1. The summed E-state index contributed by atoms with van der Waals surface area (Å²) in [5.41, 5.74) is 0.364. The summed E-state index contributed by atoms with van der Waals surface area (Å²) in [4.78, 5) is 23.4. The number of halogens is 1. The maximum absolute atomic E-state index is 11.8. The van der Waals surface area contributed by atoms with Crippen LogP contribution in [0.2, 0.25) is 5.02 Å². The molecule has 0 aliphatic carbocycles. The van der Waals surface area contributed by atoms with E-state index in [1.807, 2.05) is 12.3 Å². The molecule has 1 unspecified atom stereocenters. The van der Waals surface area contributed by atoms with Crippen molar-refractivity contribution in [2.45, 2.75) is 12.5 Å². The maximum atomic E-state index is 11.8. The number of aliphatic hydroxyl groups is 1. The van der Waals surface area contributed by atoms with Crippen molar-refractivity contribution in [3.05, 3.63) is 28.8 Å². The number of nitrogens with zero attached hydrogens (tertiary/aromatic N) is 1. The number of hydrogen-bond donors (Lipinski definition) is 3. The van der Waals surface area contributed by atoms with Gasteiger partial charge in [0.05, 0.1) is 17.4 Å². The standard InChI is InChI=1S/C14H16ClN3O3S/c1-22-5-4-11(19)8-17-13(20)14(21)18-12-6-10(15)3-2-9(12)7-16/h2-3,6,11,19H,4-5,8H2,1H3,(H,17,20)(H,18,21). The van der Waals surface area contributed by atoms with Crippen molar-refractivity contribution in [3.63, 3.8) is 0 Å². The van der Waals surface area contributed by atoms with Crippen molar-refractivity contribution < 1.29 is 14.7 Å². The summed E-state index contributed by atoms with van der Waals surface area (Å²) in [6.45, 7) is -0.00648. The predicted molar refractivity (Wildman–Crippen MR) is 86.8 cm³/mol. The summed E-state index contributed by atoms with van der Waals surface area (Å²) >= 11 is 7.37. The Kier molecular flexibility index (Phi) is 7.74. The molecule has 0 aromatic heterocycles. The van der Waals surface area contributed by atoms with Gasteiger partial charge < -0.3 is 15.7 Å². The summed E-state index contributed by atoms with van der Waals surface area (Å²) in [5.74, 6) is -1.04. The molecular formula is C14H16ClN3O3S. The van der Waals surface area contributed by atoms with E-state index >= 15 is 0 Å². The van der Waals surface area contributed by atoms with Gasteiger partial charge in [0.25, 0.3) is 0 Å². The number of rotatable bonds is 6. The predicted octanol–water partition coefficient (Wildman–Crippen LogP) is 1.38. The molecule has 118 valence electrons. The number of amides is 2. The van der Waals surface area contributed by atoms with E-state index in [9.17, 15) is 14.7 Å². The molecule has 0 heterocycles. The number of thioether (sulfide) groups is 1. The number of nitrogens with one attached hydrogen (secondary N) is 2. The Hall–Kier alpha value is -1.75. The van der Waals surface area contributed by atoms with Crippen LogP contribution in [-0.4, -0.2) is 41.6 Å². The normalized spacial score (nSPS) is 11.4. The van der Waals surface area contributed by atoms with Gasteiger partial charge in [0.1, 0.15) is 6.07 Å². The molecule has 0 bridgehead atoms. The van der Waals surface area contributed by atoms with Crippen molar-refractivity contribution in [2.75, 3.05) is 23.9 Å². The lowest BCUT2D eigenvalue weighted by molar-refractivity contribution is -0.136. The number of carbonyl (C=O) groups is 2. The van der Waals surface area contributed by atoms with Gasteiger partial charge in [-0.1, -0.05) is 11.6 Å². The highest BCUT2D eigenvalue weighted by Gasteiger charge is 2.16. The average Bonchev–Trinajstić information content (AvgIpc) is 2.50. The topological polar surface area (TPSA) is 102 Å². The third-order valence-electron chi connectivity index (χ3n) is 2.71. The average molecular weight is 342 g/mol. The lowest BCUT2D eigenvalue weighted by Gasteiger charge is -2.11. The van der Waals surface area contributed by atoms with Crippen LogP contribution in [0.4, 0.5) is 5.69 Å². The van der Waals surface area contributed by atoms with Crippen molar-refractivity contribution in [2.24, 2.45) is 0 Å². The van der Waals surface area contributed by atoms with Gasteiger partial charge in [0.15, 0.2) is 0 Å². The molecular weight excluding hydrogens is 326 g/mol. The number of nitriles is 1. The van der Waals surface area contributed by atoms with Gasteiger partial charge in [0.2, 0.25) is 0 Å². The first-order valence-corrected chi connectivity index (χ1v) is 8.21. The fourth-order valence-corrected chi connectivity index (χ4v) is 2.22. The van der Waals surface area contributed by atoms with Crippen LogP contribution in [0.5, 0.6) is 0 Å². The summed E-state index contributed by atoms with van der Waals surface area (Å²) in [6.07, 6.45) is 1.73. The Morgan fingerprint density at radius 3 is 2.82 bits per heavy atom. The highest BCUT2D eigenvalue weighted by atomic mass is 35.5. The number of carbonyl (C=O) groups excluding carboxylic acids is 2. The highest BCUT2D eigenvalue weighted by Crippen LogP contribution is 2.20. The molecule has 2 amide bonds. The molecule has 0 saturated carbocycles. The smallest absolute Gasteiger partial charge is 0.313 e. The van der Waals surface area contributed by atoms with E-state index in [0.717, 1.165) is 5.75 Å². The molecule has 3 N–H and O–H groups in total. The van der Waals surface area contributed by atoms with Gasteiger partial charge in [0, 0.05) is 11.6 Å². The van der Waals surface area contributed by atoms with Crippen molar-refractivity contribution in [1.29, 1.82) is 5.26 Å². The second-order valence-electron chi connectivity index (χ2n) is 4.40. The third kappa shape index (κ3) is 5.93. The van der Waals surface area contributed by atoms with Crippen LogP contribution in [0.3, 0.4) is 0 Å². The zero-order chi connectivity index (χ0) is 16.5. The SMILES string of the molecule is CSCCC(O)CNC(=O)C(=O)Nc1cc(Cl)ccc1C#N. The van der Waals surface area contributed by atoms with E-state index in [4.69, 9.17) is 16.9 Å². The van der Waals surface area contributed by atoms with E-state index in [-0.39, 0.29) is 17.8 Å². The van der Waals surface area contributed by atoms with Crippen LogP contribution >= 0.6 is 23.4 Å². The molecule has 1 aromatic carbocycles. The van der Waals surface area contributed by atoms with Gasteiger partial charge in [-0.3, -0.25) is 9.59 Å². The van der Waals surface area contributed by atoms with E-state index in [2.05, 4.69) is 10.6 Å². The van der Waals surface area contributed by atoms with Gasteiger partial charge in [-0.25, -0.2) is 0 Å². The van der Waals surface area contributed by atoms with Crippen molar-refractivity contribution >= 4 is 40.9 Å². The van der Waals surface area contributed by atoms with Gasteiger partial charge >= 0.3 is 11.8 Å². The summed E-state index contributed by atoms with van der Waals surface area (Å²) < 4.78 is 0. The Morgan fingerprint density at radius 2 is 2.18 bits per heavy atom. The van der Waals surface area contributed by atoms with Crippen LogP contribution in [0.25, 0.3) is 0 Å². The van der Waals surface area contributed by atoms with Crippen LogP contribution in [0, 0.1) is 11.3 Å². The molecule has 8 heteroatoms. The van der Waals surface area contributed by atoms with Crippen LogP contribution < -0.4 is 10.6 Å². The molecule has 0 fully saturated rings. The lowest BCUT2D eigenvalue weighted by atomic mass is 10.2. The lowest BCUT2D eigenvalue weighted by Crippen LogP contribution is -2.39. The van der Waals surface area contributed by atoms with E-state index in [0.29, 0.717) is 11.4 Å². The maximum Gasteiger partial charge on any atom is 0.313 e. The van der Waals surface area contributed by atoms with E-state index in [1.54, 1.807) is 11.8 Å². The summed E-state index contributed by atoms with van der Waals surface area (Å²) in [6, 6.07) is 6.24. The largest absolute Gasteiger partial charge is 0.391 e. The fraction of sp³-hybridized carbons (Fsp3) is 0.357. The third-order valence-corrected chi connectivity index (χ3v) is 3.59. The minimum Gasteiger partial charge on any atom is -0.391 e. The van der Waals surface area contributed by atoms with Gasteiger partial charge in [-0.2, -0.15) is 17.0 Å². The first-order chi connectivity index (χ1) is 10.5. The second kappa shape index (κ2) is 9.30. The first kappa shape index (κ1) is 18.3. The molecule has 1 rings (SSSR count). The molecule has 6 nitrogen and oxygen atoms in total. The van der Waals surface area contributed by atoms with E-state index in [1.165, 1.54) is 18.2 Å². The van der Waals surface area contributed by atoms with E-state index < -0.39 is 17.9 Å². The number of benzene rings is 1. The monoisotopic (exact) mass is 341 g/mol.